The molecule has 0 bridgehead atoms. The third-order valence-electron chi connectivity index (χ3n) is 4.55. The highest BCUT2D eigenvalue weighted by Crippen LogP contribution is 2.45. The van der Waals surface area contributed by atoms with Crippen LogP contribution >= 0.6 is 0 Å². The van der Waals surface area contributed by atoms with Crippen molar-refractivity contribution in [2.24, 2.45) is 5.41 Å². The van der Waals surface area contributed by atoms with E-state index in [2.05, 4.69) is 0 Å². The highest BCUT2D eigenvalue weighted by molar-refractivity contribution is 6.14. The van der Waals surface area contributed by atoms with Gasteiger partial charge in [0.1, 0.15) is 23.2 Å². The summed E-state index contributed by atoms with van der Waals surface area (Å²) in [5, 5.41) is 0. The fourth-order valence-electron chi connectivity index (χ4n) is 3.30. The Morgan fingerprint density at radius 2 is 1.88 bits per heavy atom. The number of rotatable bonds is 2. The topological polar surface area (TPSA) is 69.7 Å². The first-order chi connectivity index (χ1) is 11.7. The fourth-order valence-corrected chi connectivity index (χ4v) is 3.30. The van der Waals surface area contributed by atoms with Crippen molar-refractivity contribution in [2.75, 3.05) is 0 Å². The first-order valence-corrected chi connectivity index (χ1v) is 8.46. The van der Waals surface area contributed by atoms with Gasteiger partial charge < -0.3 is 9.47 Å². The molecule has 0 amide bonds. The number of carbonyl (C=O) groups is 3. The fraction of sp³-hybridized carbons (Fsp3) is 0.450. The third-order valence-corrected chi connectivity index (χ3v) is 4.55. The molecule has 1 aliphatic carbocycles. The molecule has 0 aromatic heterocycles. The Labute approximate surface area is 147 Å². The van der Waals surface area contributed by atoms with E-state index in [-0.39, 0.29) is 30.8 Å². The van der Waals surface area contributed by atoms with Crippen LogP contribution in [0.4, 0.5) is 0 Å². The summed E-state index contributed by atoms with van der Waals surface area (Å²) in [4.78, 5) is 37.8. The van der Waals surface area contributed by atoms with Crippen LogP contribution in [0.3, 0.4) is 0 Å². The molecule has 3 rings (SSSR count). The summed E-state index contributed by atoms with van der Waals surface area (Å²) in [6.07, 6.45) is 0.888. The second-order valence-electron chi connectivity index (χ2n) is 7.56. The number of fused-ring (bicyclic) bond motifs is 1. The zero-order chi connectivity index (χ0) is 18.2. The zero-order valence-electron chi connectivity index (χ0n) is 14.7. The number of hydrogen-bond acceptors (Lipinski definition) is 5. The maximum Gasteiger partial charge on any atom is 0.324 e. The van der Waals surface area contributed by atoms with E-state index in [9.17, 15) is 14.4 Å². The van der Waals surface area contributed by atoms with Crippen LogP contribution < -0.4 is 0 Å². The number of carbonyl (C=O) groups excluding carboxylic acids is 3. The molecule has 1 saturated carbocycles. The zero-order valence-corrected chi connectivity index (χ0v) is 14.7. The summed E-state index contributed by atoms with van der Waals surface area (Å²) in [5.41, 5.74) is -1.41. The molecule has 2 atom stereocenters. The van der Waals surface area contributed by atoms with Crippen LogP contribution in [-0.4, -0.2) is 29.2 Å². The summed E-state index contributed by atoms with van der Waals surface area (Å²) in [5.74, 6) is -0.564. The van der Waals surface area contributed by atoms with Crippen LogP contribution in [0, 0.1) is 5.41 Å². The highest BCUT2D eigenvalue weighted by atomic mass is 16.6. The number of benzene rings is 1. The molecule has 1 fully saturated rings. The predicted octanol–water partition coefficient (Wildman–Crippen LogP) is 3.08. The van der Waals surface area contributed by atoms with E-state index in [1.165, 1.54) is 6.08 Å². The van der Waals surface area contributed by atoms with Gasteiger partial charge in [0.05, 0.1) is 0 Å². The molecule has 25 heavy (non-hydrogen) atoms. The first kappa shape index (κ1) is 17.4. The molecule has 1 aromatic carbocycles. The van der Waals surface area contributed by atoms with Crippen molar-refractivity contribution in [1.29, 1.82) is 0 Å². The number of ether oxygens (including phenoxy) is 2. The Bertz CT molecular complexity index is 741. The lowest BCUT2D eigenvalue weighted by Gasteiger charge is -2.43. The van der Waals surface area contributed by atoms with Gasteiger partial charge in [-0.15, -0.1) is 0 Å². The molecule has 1 heterocycles. The minimum atomic E-state index is -1.43. The maximum atomic E-state index is 13.0. The Morgan fingerprint density at radius 1 is 1.20 bits per heavy atom. The summed E-state index contributed by atoms with van der Waals surface area (Å²) in [7, 11) is 0. The number of Topliss-reactive ketones (excluding diaryl/α,β-unsaturated/α-hetero) is 1. The van der Waals surface area contributed by atoms with Gasteiger partial charge in [-0.05, 0) is 27.2 Å². The largest absolute Gasteiger partial charge is 0.488 e. The van der Waals surface area contributed by atoms with Crippen LogP contribution in [-0.2, 0) is 23.9 Å². The minimum Gasteiger partial charge on any atom is -0.488 e. The quantitative estimate of drug-likeness (QED) is 0.610. The maximum absolute atomic E-state index is 13.0. The molecule has 1 aliphatic heterocycles. The molecule has 2 unspecified atom stereocenters. The Morgan fingerprint density at radius 3 is 2.52 bits per heavy atom. The van der Waals surface area contributed by atoms with Gasteiger partial charge in [0.15, 0.2) is 11.2 Å². The normalized spacial score (nSPS) is 26.4. The first-order valence-electron chi connectivity index (χ1n) is 8.46. The lowest BCUT2D eigenvalue weighted by molar-refractivity contribution is -0.181. The van der Waals surface area contributed by atoms with Crippen molar-refractivity contribution in [3.63, 3.8) is 0 Å². The van der Waals surface area contributed by atoms with Crippen LogP contribution in [0.2, 0.25) is 0 Å². The number of allylic oxidation sites excluding steroid dienone is 1. The van der Waals surface area contributed by atoms with E-state index in [1.807, 2.05) is 30.3 Å². The summed E-state index contributed by atoms with van der Waals surface area (Å²) >= 11 is 0. The lowest BCUT2D eigenvalue weighted by Crippen LogP contribution is -2.56. The van der Waals surface area contributed by atoms with E-state index < -0.39 is 23.1 Å². The van der Waals surface area contributed by atoms with Crippen molar-refractivity contribution < 1.29 is 23.9 Å². The Balaban J connectivity index is 2.01. The summed E-state index contributed by atoms with van der Waals surface area (Å²) in [6.45, 7) is 5.26. The van der Waals surface area contributed by atoms with Crippen molar-refractivity contribution >= 4 is 23.3 Å². The van der Waals surface area contributed by atoms with E-state index in [4.69, 9.17) is 9.47 Å². The van der Waals surface area contributed by atoms with Gasteiger partial charge in [-0.25, -0.2) is 0 Å². The van der Waals surface area contributed by atoms with Crippen molar-refractivity contribution in [1.82, 2.24) is 0 Å². The molecule has 0 N–H and O–H groups in total. The predicted molar refractivity (Wildman–Crippen MR) is 91.4 cm³/mol. The SMILES string of the molecule is CC(C)(C)OC(=O)C12CCC(=O)CC1OC(c1ccccc1)=CC2=O. The van der Waals surface area contributed by atoms with Gasteiger partial charge in [-0.3, -0.25) is 14.4 Å². The monoisotopic (exact) mass is 342 g/mol. The molecule has 2 aliphatic rings. The third kappa shape index (κ3) is 3.23. The van der Waals surface area contributed by atoms with E-state index >= 15 is 0 Å². The molecular weight excluding hydrogens is 320 g/mol. The van der Waals surface area contributed by atoms with E-state index in [0.717, 1.165) is 5.56 Å². The highest BCUT2D eigenvalue weighted by Gasteiger charge is 2.59. The van der Waals surface area contributed by atoms with Crippen molar-refractivity contribution in [3.05, 3.63) is 42.0 Å². The summed E-state index contributed by atoms with van der Waals surface area (Å²) < 4.78 is 11.5. The van der Waals surface area contributed by atoms with E-state index in [0.29, 0.717) is 5.76 Å². The van der Waals surface area contributed by atoms with Crippen molar-refractivity contribution in [2.45, 2.75) is 51.7 Å². The smallest absolute Gasteiger partial charge is 0.324 e. The number of esters is 1. The second kappa shape index (κ2) is 6.14. The van der Waals surface area contributed by atoms with Crippen LogP contribution in [0.5, 0.6) is 0 Å². The molecule has 1 aromatic rings. The molecule has 0 saturated heterocycles. The molecule has 0 spiro atoms. The summed E-state index contributed by atoms with van der Waals surface area (Å²) in [6, 6.07) is 9.19. The number of hydrogen-bond donors (Lipinski definition) is 0. The molecule has 132 valence electrons. The minimum absolute atomic E-state index is 0.00806. The lowest BCUT2D eigenvalue weighted by atomic mass is 9.67. The van der Waals surface area contributed by atoms with E-state index in [1.54, 1.807) is 20.8 Å². The van der Waals surface area contributed by atoms with Gasteiger partial charge in [0, 0.05) is 24.5 Å². The molecule has 5 nitrogen and oxygen atoms in total. The van der Waals surface area contributed by atoms with Crippen LogP contribution in [0.15, 0.2) is 36.4 Å². The van der Waals surface area contributed by atoms with Crippen molar-refractivity contribution in [3.8, 4) is 0 Å². The van der Waals surface area contributed by atoms with Crippen LogP contribution in [0.1, 0.15) is 45.6 Å². The molecule has 0 radical (unpaired) electrons. The second-order valence-corrected chi connectivity index (χ2v) is 7.56. The molecular formula is C20H22O5. The Hall–Kier alpha value is -2.43. The van der Waals surface area contributed by atoms with Gasteiger partial charge in [0.25, 0.3) is 0 Å². The van der Waals surface area contributed by atoms with Gasteiger partial charge >= 0.3 is 5.97 Å². The van der Waals surface area contributed by atoms with Gasteiger partial charge in [-0.2, -0.15) is 0 Å². The van der Waals surface area contributed by atoms with Crippen LogP contribution in [0.25, 0.3) is 5.76 Å². The molecule has 5 heteroatoms. The standard InChI is InChI=1S/C20H22O5/c1-19(2,3)25-18(23)20-10-9-14(21)11-17(20)24-15(12-16(20)22)13-7-5-4-6-8-13/h4-8,12,17H,9-11H2,1-3H3. The van der Waals surface area contributed by atoms with Gasteiger partial charge in [0.2, 0.25) is 0 Å². The Kier molecular flexibility index (Phi) is 4.27. The average Bonchev–Trinajstić information content (AvgIpc) is 2.53. The van der Waals surface area contributed by atoms with Gasteiger partial charge in [-0.1, -0.05) is 30.3 Å². The average molecular weight is 342 g/mol. The number of ketones is 2.